The first-order valence-corrected chi connectivity index (χ1v) is 13.5. The van der Waals surface area contributed by atoms with Crippen LogP contribution in [0.4, 0.5) is 0 Å². The molecule has 0 saturated carbocycles. The number of halogens is 1. The summed E-state index contributed by atoms with van der Waals surface area (Å²) in [5.74, 6) is 0. The Hall–Kier alpha value is -2.42. The lowest BCUT2D eigenvalue weighted by atomic mass is 10.2. The maximum absolute atomic E-state index is 3.63. The highest BCUT2D eigenvalue weighted by Gasteiger charge is 2.35. The fourth-order valence-corrected chi connectivity index (χ4v) is 9.43. The standard InChI is InChI=1S/C27H25BrSi/c28-26-16-18-27(19-17-26)29(20-23-10-4-1-5-11-23,21-24-12-6-2-7-13-24)22-25-14-8-3-9-15-25/h1-19H,20-22H2. The maximum atomic E-state index is 3.63. The molecule has 0 aliphatic rings. The van der Waals surface area contributed by atoms with Gasteiger partial charge in [0.15, 0.2) is 0 Å². The van der Waals surface area contributed by atoms with Gasteiger partial charge in [-0.2, -0.15) is 0 Å². The van der Waals surface area contributed by atoms with E-state index in [2.05, 4.69) is 131 Å². The Morgan fingerprint density at radius 2 is 0.793 bits per heavy atom. The maximum Gasteiger partial charge on any atom is 0.0995 e. The van der Waals surface area contributed by atoms with Crippen LogP contribution in [0.25, 0.3) is 0 Å². The molecule has 4 aromatic rings. The number of rotatable bonds is 7. The largest absolute Gasteiger partial charge is 0.0995 e. The molecule has 0 amide bonds. The summed E-state index contributed by atoms with van der Waals surface area (Å²) < 4.78 is 1.14. The molecule has 0 atom stereocenters. The van der Waals surface area contributed by atoms with Crippen LogP contribution in [0, 0.1) is 0 Å². The van der Waals surface area contributed by atoms with E-state index in [9.17, 15) is 0 Å². The van der Waals surface area contributed by atoms with Gasteiger partial charge in [-0.05, 0) is 30.3 Å². The van der Waals surface area contributed by atoms with E-state index in [1.165, 1.54) is 21.9 Å². The van der Waals surface area contributed by atoms with E-state index >= 15 is 0 Å². The van der Waals surface area contributed by atoms with Crippen molar-refractivity contribution in [2.45, 2.75) is 18.1 Å². The fourth-order valence-electron chi connectivity index (χ4n) is 4.26. The van der Waals surface area contributed by atoms with Gasteiger partial charge in [-0.1, -0.05) is 141 Å². The molecule has 0 saturated heterocycles. The minimum absolute atomic E-state index is 1.14. The molecule has 0 radical (unpaired) electrons. The first kappa shape index (κ1) is 19.9. The lowest BCUT2D eigenvalue weighted by molar-refractivity contribution is 1.15. The molecule has 29 heavy (non-hydrogen) atoms. The van der Waals surface area contributed by atoms with E-state index in [4.69, 9.17) is 0 Å². The van der Waals surface area contributed by atoms with Crippen molar-refractivity contribution >= 4 is 29.2 Å². The summed E-state index contributed by atoms with van der Waals surface area (Å²) in [5, 5.41) is 1.53. The van der Waals surface area contributed by atoms with Gasteiger partial charge in [0.05, 0.1) is 8.07 Å². The second kappa shape index (κ2) is 9.38. The molecular formula is C27H25BrSi. The van der Waals surface area contributed by atoms with Crippen molar-refractivity contribution in [2.75, 3.05) is 0 Å². The molecule has 0 unspecified atom stereocenters. The highest BCUT2D eigenvalue weighted by Crippen LogP contribution is 2.24. The zero-order valence-electron chi connectivity index (χ0n) is 16.5. The quantitative estimate of drug-likeness (QED) is 0.280. The van der Waals surface area contributed by atoms with E-state index in [1.807, 2.05) is 0 Å². The van der Waals surface area contributed by atoms with E-state index in [0.717, 1.165) is 22.6 Å². The Bertz CT molecular complexity index is 911. The van der Waals surface area contributed by atoms with Crippen LogP contribution in [0.3, 0.4) is 0 Å². The molecule has 0 aliphatic heterocycles. The Morgan fingerprint density at radius 3 is 1.14 bits per heavy atom. The summed E-state index contributed by atoms with van der Waals surface area (Å²) in [7, 11) is -1.94. The molecule has 0 heterocycles. The molecular weight excluding hydrogens is 432 g/mol. The SMILES string of the molecule is Brc1ccc([Si](Cc2ccccc2)(Cc2ccccc2)Cc2ccccc2)cc1. The minimum atomic E-state index is -1.94. The van der Waals surface area contributed by atoms with Gasteiger partial charge in [0.25, 0.3) is 0 Å². The fraction of sp³-hybridized carbons (Fsp3) is 0.111. The Balaban J connectivity index is 1.83. The molecule has 2 heteroatoms. The molecule has 144 valence electrons. The van der Waals surface area contributed by atoms with Crippen LogP contribution in [0.5, 0.6) is 0 Å². The number of hydrogen-bond acceptors (Lipinski definition) is 0. The summed E-state index contributed by atoms with van der Waals surface area (Å²) in [6, 6.07) is 45.6. The van der Waals surface area contributed by atoms with Gasteiger partial charge >= 0.3 is 0 Å². The van der Waals surface area contributed by atoms with Crippen molar-refractivity contribution in [3.8, 4) is 0 Å². The molecule has 0 aromatic heterocycles. The summed E-state index contributed by atoms with van der Waals surface area (Å²) in [6.45, 7) is 0. The van der Waals surface area contributed by atoms with Crippen molar-refractivity contribution in [1.82, 2.24) is 0 Å². The molecule has 4 aromatic carbocycles. The first-order valence-electron chi connectivity index (χ1n) is 10.1. The summed E-state index contributed by atoms with van der Waals surface area (Å²) in [6.07, 6.45) is 0. The minimum Gasteiger partial charge on any atom is -0.0622 e. The number of benzene rings is 4. The van der Waals surface area contributed by atoms with Gasteiger partial charge in [-0.25, -0.2) is 0 Å². The lowest BCUT2D eigenvalue weighted by Gasteiger charge is -2.33. The monoisotopic (exact) mass is 456 g/mol. The highest BCUT2D eigenvalue weighted by molar-refractivity contribution is 9.10. The third-order valence-corrected chi connectivity index (χ3v) is 11.0. The van der Waals surface area contributed by atoms with E-state index in [-0.39, 0.29) is 0 Å². The van der Waals surface area contributed by atoms with Crippen LogP contribution in [-0.2, 0) is 18.1 Å². The van der Waals surface area contributed by atoms with E-state index in [0.29, 0.717) is 0 Å². The van der Waals surface area contributed by atoms with Crippen LogP contribution >= 0.6 is 15.9 Å². The molecule has 0 N–H and O–H groups in total. The van der Waals surface area contributed by atoms with Gasteiger partial charge in [0.1, 0.15) is 0 Å². The Labute approximate surface area is 183 Å². The van der Waals surface area contributed by atoms with Crippen LogP contribution in [0.2, 0.25) is 0 Å². The highest BCUT2D eigenvalue weighted by atomic mass is 79.9. The van der Waals surface area contributed by atoms with Crippen molar-refractivity contribution < 1.29 is 0 Å². The third-order valence-electron chi connectivity index (χ3n) is 5.61. The van der Waals surface area contributed by atoms with Crippen LogP contribution in [0.1, 0.15) is 16.7 Å². The lowest BCUT2D eigenvalue weighted by Crippen LogP contribution is -2.55. The summed E-state index contributed by atoms with van der Waals surface area (Å²) in [5.41, 5.74) is 4.32. The zero-order valence-corrected chi connectivity index (χ0v) is 19.1. The topological polar surface area (TPSA) is 0 Å². The van der Waals surface area contributed by atoms with E-state index in [1.54, 1.807) is 0 Å². The average molecular weight is 457 g/mol. The predicted octanol–water partition coefficient (Wildman–Crippen LogP) is 6.45. The third kappa shape index (κ3) is 5.14. The summed E-state index contributed by atoms with van der Waals surface area (Å²) >= 11 is 3.63. The Kier molecular flexibility index (Phi) is 6.43. The average Bonchev–Trinajstić information content (AvgIpc) is 2.76. The van der Waals surface area contributed by atoms with E-state index < -0.39 is 8.07 Å². The summed E-state index contributed by atoms with van der Waals surface area (Å²) in [4.78, 5) is 0. The predicted molar refractivity (Wildman–Crippen MR) is 130 cm³/mol. The zero-order chi connectivity index (χ0) is 19.9. The van der Waals surface area contributed by atoms with Crippen molar-refractivity contribution in [3.05, 3.63) is 136 Å². The van der Waals surface area contributed by atoms with Crippen molar-refractivity contribution in [3.63, 3.8) is 0 Å². The normalized spacial score (nSPS) is 11.3. The smallest absolute Gasteiger partial charge is 0.0622 e. The number of hydrogen-bond donors (Lipinski definition) is 0. The van der Waals surface area contributed by atoms with Gasteiger partial charge in [-0.3, -0.25) is 0 Å². The van der Waals surface area contributed by atoms with Gasteiger partial charge in [0, 0.05) is 4.47 Å². The molecule has 0 fully saturated rings. The molecule has 0 aliphatic carbocycles. The molecule has 0 bridgehead atoms. The Morgan fingerprint density at radius 1 is 0.448 bits per heavy atom. The van der Waals surface area contributed by atoms with Crippen LogP contribution in [0.15, 0.2) is 120 Å². The molecule has 0 spiro atoms. The molecule has 4 rings (SSSR count). The van der Waals surface area contributed by atoms with Crippen molar-refractivity contribution in [1.29, 1.82) is 0 Å². The first-order chi connectivity index (χ1) is 14.2. The van der Waals surface area contributed by atoms with Crippen LogP contribution < -0.4 is 5.19 Å². The van der Waals surface area contributed by atoms with Crippen LogP contribution in [-0.4, -0.2) is 8.07 Å². The van der Waals surface area contributed by atoms with Gasteiger partial charge in [0.2, 0.25) is 0 Å². The van der Waals surface area contributed by atoms with Gasteiger partial charge in [-0.15, -0.1) is 0 Å². The second-order valence-corrected chi connectivity index (χ2v) is 12.9. The van der Waals surface area contributed by atoms with Gasteiger partial charge < -0.3 is 0 Å². The second-order valence-electron chi connectivity index (χ2n) is 7.77. The van der Waals surface area contributed by atoms with Crippen molar-refractivity contribution in [2.24, 2.45) is 0 Å². The molecule has 0 nitrogen and oxygen atoms in total.